The first kappa shape index (κ1) is 19.9. The van der Waals surface area contributed by atoms with Crippen molar-refractivity contribution in [1.82, 2.24) is 9.29 Å². The predicted molar refractivity (Wildman–Crippen MR) is 109 cm³/mol. The third-order valence-corrected chi connectivity index (χ3v) is 6.29. The topological polar surface area (TPSA) is 106 Å². The molecule has 0 atom stereocenters. The van der Waals surface area contributed by atoms with Crippen molar-refractivity contribution in [2.24, 2.45) is 0 Å². The molecule has 2 amide bonds. The van der Waals surface area contributed by atoms with Crippen molar-refractivity contribution >= 4 is 39.3 Å². The highest BCUT2D eigenvalue weighted by Gasteiger charge is 2.41. The molecular weight excluding hydrogens is 430 g/mol. The zero-order chi connectivity index (χ0) is 21.3. The highest BCUT2D eigenvalue weighted by atomic mass is 35.5. The predicted octanol–water partition coefficient (Wildman–Crippen LogP) is 3.31. The van der Waals surface area contributed by atoms with Gasteiger partial charge in [-0.2, -0.15) is 0 Å². The minimum Gasteiger partial charge on any atom is -0.456 e. The van der Waals surface area contributed by atoms with E-state index < -0.39 is 28.4 Å². The molecule has 10 heteroatoms. The molecule has 0 radical (unpaired) electrons. The van der Waals surface area contributed by atoms with E-state index in [0.29, 0.717) is 20.8 Å². The Morgan fingerprint density at radius 2 is 1.73 bits per heavy atom. The molecule has 0 aliphatic carbocycles. The van der Waals surface area contributed by atoms with Crippen molar-refractivity contribution in [3.05, 3.63) is 77.4 Å². The Morgan fingerprint density at radius 1 is 1.03 bits per heavy atom. The van der Waals surface area contributed by atoms with Crippen molar-refractivity contribution in [2.45, 2.75) is 4.90 Å². The molecule has 1 aromatic heterocycles. The van der Waals surface area contributed by atoms with Gasteiger partial charge in [-0.25, -0.2) is 17.7 Å². The van der Waals surface area contributed by atoms with E-state index in [9.17, 15) is 18.0 Å². The Bertz CT molecular complexity index is 1230. The average Bonchev–Trinajstić information content (AvgIpc) is 2.92. The van der Waals surface area contributed by atoms with Crippen LogP contribution in [0.5, 0.6) is 11.5 Å². The number of amides is 2. The fraction of sp³-hybridized carbons (Fsp3) is 0.0500. The second-order valence-corrected chi connectivity index (χ2v) is 8.56. The van der Waals surface area contributed by atoms with Crippen LogP contribution in [-0.2, 0) is 14.8 Å². The fourth-order valence-corrected chi connectivity index (χ4v) is 4.50. The van der Waals surface area contributed by atoms with Crippen molar-refractivity contribution in [2.75, 3.05) is 11.9 Å². The Labute approximate surface area is 177 Å². The Kier molecular flexibility index (Phi) is 5.15. The minimum atomic E-state index is -4.05. The van der Waals surface area contributed by atoms with Gasteiger partial charge in [-0.3, -0.25) is 9.59 Å². The summed E-state index contributed by atoms with van der Waals surface area (Å²) >= 11 is 5.83. The molecule has 0 bridgehead atoms. The van der Waals surface area contributed by atoms with Gasteiger partial charge in [0.05, 0.1) is 11.8 Å². The number of anilines is 1. The van der Waals surface area contributed by atoms with Crippen LogP contribution in [0.3, 0.4) is 0 Å². The number of ether oxygens (including phenoxy) is 1. The van der Waals surface area contributed by atoms with Crippen molar-refractivity contribution < 1.29 is 22.7 Å². The van der Waals surface area contributed by atoms with E-state index in [0.717, 1.165) is 0 Å². The SMILES string of the molecule is O=C(CN1C(=O)c2ccccc2S1(=O)=O)Nc1ccc(Oc2ccc(Cl)cc2)cn1. The summed E-state index contributed by atoms with van der Waals surface area (Å²) in [6.07, 6.45) is 1.40. The smallest absolute Gasteiger partial charge is 0.269 e. The molecule has 1 aliphatic rings. The molecule has 0 fully saturated rings. The van der Waals surface area contributed by atoms with Gasteiger partial charge in [0.1, 0.15) is 28.8 Å². The first-order valence-corrected chi connectivity index (χ1v) is 10.5. The number of halogens is 1. The molecule has 3 aromatic rings. The maximum absolute atomic E-state index is 12.5. The average molecular weight is 444 g/mol. The number of carbonyl (C=O) groups excluding carboxylic acids is 2. The first-order valence-electron chi connectivity index (χ1n) is 8.70. The van der Waals surface area contributed by atoms with E-state index in [2.05, 4.69) is 10.3 Å². The summed E-state index contributed by atoms with van der Waals surface area (Å²) in [6.45, 7) is -0.652. The molecule has 2 heterocycles. The number of hydrogen-bond donors (Lipinski definition) is 1. The van der Waals surface area contributed by atoms with Crippen LogP contribution < -0.4 is 10.1 Å². The van der Waals surface area contributed by atoms with Crippen molar-refractivity contribution in [1.29, 1.82) is 0 Å². The number of nitrogens with one attached hydrogen (secondary N) is 1. The van der Waals surface area contributed by atoms with E-state index in [-0.39, 0.29) is 16.3 Å². The molecule has 0 unspecified atom stereocenters. The number of benzene rings is 2. The molecule has 8 nitrogen and oxygen atoms in total. The lowest BCUT2D eigenvalue weighted by molar-refractivity contribution is -0.116. The normalized spacial score (nSPS) is 14.3. The number of carbonyl (C=O) groups is 2. The molecular formula is C20H14ClN3O5S. The molecule has 1 aliphatic heterocycles. The van der Waals surface area contributed by atoms with Crippen LogP contribution in [0.25, 0.3) is 0 Å². The van der Waals surface area contributed by atoms with Crippen LogP contribution in [-0.4, -0.2) is 36.1 Å². The third-order valence-electron chi connectivity index (χ3n) is 4.25. The quantitative estimate of drug-likeness (QED) is 0.648. The summed E-state index contributed by atoms with van der Waals surface area (Å²) < 4.78 is 31.2. The lowest BCUT2D eigenvalue weighted by Gasteiger charge is -2.14. The number of pyridine rings is 1. The summed E-state index contributed by atoms with van der Waals surface area (Å²) in [5.74, 6) is -0.248. The van der Waals surface area contributed by atoms with Gasteiger partial charge in [-0.15, -0.1) is 0 Å². The summed E-state index contributed by atoms with van der Waals surface area (Å²) in [6, 6.07) is 15.7. The second kappa shape index (κ2) is 7.77. The maximum Gasteiger partial charge on any atom is 0.269 e. The second-order valence-electron chi connectivity index (χ2n) is 6.30. The van der Waals surface area contributed by atoms with Gasteiger partial charge in [-0.1, -0.05) is 23.7 Å². The number of fused-ring (bicyclic) bond motifs is 1. The minimum absolute atomic E-state index is 0.0483. The number of nitrogens with zero attached hydrogens (tertiary/aromatic N) is 2. The first-order chi connectivity index (χ1) is 14.3. The van der Waals surface area contributed by atoms with Crippen LogP contribution >= 0.6 is 11.6 Å². The molecule has 152 valence electrons. The van der Waals surface area contributed by atoms with E-state index >= 15 is 0 Å². The van der Waals surface area contributed by atoms with Gasteiger partial charge in [0, 0.05) is 5.02 Å². The molecule has 30 heavy (non-hydrogen) atoms. The molecule has 1 N–H and O–H groups in total. The van der Waals surface area contributed by atoms with E-state index in [1.54, 1.807) is 36.4 Å². The number of sulfonamides is 1. The van der Waals surface area contributed by atoms with Gasteiger partial charge in [0.25, 0.3) is 15.9 Å². The zero-order valence-corrected chi connectivity index (χ0v) is 16.9. The summed E-state index contributed by atoms with van der Waals surface area (Å²) in [5.41, 5.74) is 0.0483. The Balaban J connectivity index is 1.41. The molecule has 0 spiro atoms. The Hall–Kier alpha value is -3.43. The van der Waals surface area contributed by atoms with Crippen LogP contribution in [0.4, 0.5) is 5.82 Å². The largest absolute Gasteiger partial charge is 0.456 e. The lowest BCUT2D eigenvalue weighted by atomic mass is 10.2. The Morgan fingerprint density at radius 3 is 2.40 bits per heavy atom. The zero-order valence-electron chi connectivity index (χ0n) is 15.3. The number of hydrogen-bond acceptors (Lipinski definition) is 6. The van der Waals surface area contributed by atoms with Crippen LogP contribution in [0.1, 0.15) is 10.4 Å². The van der Waals surface area contributed by atoms with E-state index in [4.69, 9.17) is 16.3 Å². The maximum atomic E-state index is 12.5. The highest BCUT2D eigenvalue weighted by molar-refractivity contribution is 7.90. The summed E-state index contributed by atoms with van der Waals surface area (Å²) in [5, 5.41) is 3.05. The standard InChI is InChI=1S/C20H14ClN3O5S/c21-13-5-7-14(8-6-13)29-15-9-10-18(22-11-15)23-19(25)12-24-20(26)16-3-1-2-4-17(16)30(24,27)28/h1-11H,12H2,(H,22,23,25). The van der Waals surface area contributed by atoms with Gasteiger partial charge in [0.2, 0.25) is 5.91 Å². The number of rotatable bonds is 5. The van der Waals surface area contributed by atoms with E-state index in [1.807, 2.05) is 0 Å². The number of aromatic nitrogens is 1. The van der Waals surface area contributed by atoms with E-state index in [1.165, 1.54) is 30.5 Å². The molecule has 0 saturated carbocycles. The lowest BCUT2D eigenvalue weighted by Crippen LogP contribution is -2.37. The molecule has 0 saturated heterocycles. The van der Waals surface area contributed by atoms with Crippen LogP contribution in [0.15, 0.2) is 71.8 Å². The molecule has 4 rings (SSSR count). The van der Waals surface area contributed by atoms with Crippen molar-refractivity contribution in [3.8, 4) is 11.5 Å². The molecule has 2 aromatic carbocycles. The monoisotopic (exact) mass is 443 g/mol. The van der Waals surface area contributed by atoms with Gasteiger partial charge < -0.3 is 10.1 Å². The van der Waals surface area contributed by atoms with Crippen LogP contribution in [0, 0.1) is 0 Å². The summed E-state index contributed by atoms with van der Waals surface area (Å²) in [7, 11) is -4.05. The van der Waals surface area contributed by atoms with Gasteiger partial charge in [-0.05, 0) is 48.5 Å². The van der Waals surface area contributed by atoms with Crippen LogP contribution in [0.2, 0.25) is 5.02 Å². The fourth-order valence-electron chi connectivity index (χ4n) is 2.85. The third kappa shape index (κ3) is 3.85. The van der Waals surface area contributed by atoms with Gasteiger partial charge in [0.15, 0.2) is 0 Å². The van der Waals surface area contributed by atoms with Gasteiger partial charge >= 0.3 is 0 Å². The summed E-state index contributed by atoms with van der Waals surface area (Å²) in [4.78, 5) is 28.6. The highest BCUT2D eigenvalue weighted by Crippen LogP contribution is 2.29. The van der Waals surface area contributed by atoms with Crippen molar-refractivity contribution in [3.63, 3.8) is 0 Å².